The van der Waals surface area contributed by atoms with Crippen molar-refractivity contribution in [1.29, 1.82) is 0 Å². The molecule has 104 valence electrons. The molecule has 1 aromatic carbocycles. The molecule has 1 aromatic rings. The van der Waals surface area contributed by atoms with Gasteiger partial charge in [0.15, 0.2) is 5.78 Å². The van der Waals surface area contributed by atoms with Crippen molar-refractivity contribution in [2.24, 2.45) is 0 Å². The minimum Gasteiger partial charge on any atom is -0.489 e. The number of nitrogens with one attached hydrogen (secondary N) is 1. The van der Waals surface area contributed by atoms with Crippen molar-refractivity contribution in [3.8, 4) is 5.75 Å². The molecule has 0 aliphatic carbocycles. The Hall–Kier alpha value is -1.35. The Morgan fingerprint density at radius 1 is 1.26 bits per heavy atom. The molecular weight excluding hydrogens is 238 g/mol. The molecule has 3 nitrogen and oxygen atoms in total. The number of benzene rings is 1. The fraction of sp³-hybridized carbons (Fsp3) is 0.562. The number of ether oxygens (including phenoxy) is 1. The van der Waals surface area contributed by atoms with Crippen molar-refractivity contribution in [2.75, 3.05) is 13.1 Å². The zero-order chi connectivity index (χ0) is 13.5. The molecule has 2 aliphatic rings. The number of carbonyl (C=O) groups is 1. The second kappa shape index (κ2) is 7.29. The average Bonchev–Trinajstić information content (AvgIpc) is 2.98. The summed E-state index contributed by atoms with van der Waals surface area (Å²) >= 11 is 0. The Morgan fingerprint density at radius 3 is 2.63 bits per heavy atom. The van der Waals surface area contributed by atoms with E-state index in [1.807, 2.05) is 24.3 Å². The van der Waals surface area contributed by atoms with Gasteiger partial charge in [-0.1, -0.05) is 25.5 Å². The second-order valence-corrected chi connectivity index (χ2v) is 5.11. The van der Waals surface area contributed by atoms with Gasteiger partial charge in [0.1, 0.15) is 11.9 Å². The van der Waals surface area contributed by atoms with Crippen LogP contribution >= 0.6 is 0 Å². The number of para-hydroxylation sites is 1. The van der Waals surface area contributed by atoms with Crippen molar-refractivity contribution in [3.63, 3.8) is 0 Å². The van der Waals surface area contributed by atoms with E-state index in [-0.39, 0.29) is 11.9 Å². The summed E-state index contributed by atoms with van der Waals surface area (Å²) in [5, 5.41) is 3.22. The van der Waals surface area contributed by atoms with Crippen LogP contribution in [0.5, 0.6) is 5.75 Å². The molecule has 1 unspecified atom stereocenters. The molecule has 1 N–H and O–H groups in total. The van der Waals surface area contributed by atoms with Gasteiger partial charge >= 0.3 is 0 Å². The minimum absolute atomic E-state index is 0.0856. The standard InChI is InChI=1S/C12H14O2.C4H9N/c1-2-5-9-8-11(13)10-6-3-4-7-12(10)14-9;1-2-4-5-3-1/h3-4,6-7,9H,2,5,8H2,1H3;5H,1-4H2. The van der Waals surface area contributed by atoms with Crippen molar-refractivity contribution in [3.05, 3.63) is 29.8 Å². The third kappa shape index (κ3) is 4.06. The number of hydrogen-bond acceptors (Lipinski definition) is 3. The molecule has 1 atom stereocenters. The monoisotopic (exact) mass is 261 g/mol. The zero-order valence-corrected chi connectivity index (χ0v) is 11.7. The summed E-state index contributed by atoms with van der Waals surface area (Å²) in [7, 11) is 0. The quantitative estimate of drug-likeness (QED) is 0.888. The molecule has 1 saturated heterocycles. The van der Waals surface area contributed by atoms with Gasteiger partial charge in [0.25, 0.3) is 0 Å². The van der Waals surface area contributed by atoms with Gasteiger partial charge in [-0.25, -0.2) is 0 Å². The second-order valence-electron chi connectivity index (χ2n) is 5.11. The van der Waals surface area contributed by atoms with E-state index >= 15 is 0 Å². The topological polar surface area (TPSA) is 38.3 Å². The Labute approximate surface area is 115 Å². The molecule has 3 heteroatoms. The van der Waals surface area contributed by atoms with E-state index in [2.05, 4.69) is 12.2 Å². The maximum absolute atomic E-state index is 11.7. The SMILES string of the molecule is C1CCNC1.CCCC1CC(=O)c2ccccc2O1. The number of Topliss-reactive ketones (excluding diaryl/α,β-unsaturated/α-hetero) is 1. The fourth-order valence-corrected chi connectivity index (χ4v) is 2.45. The summed E-state index contributed by atoms with van der Waals surface area (Å²) in [5.74, 6) is 0.965. The molecule has 0 spiro atoms. The van der Waals surface area contributed by atoms with Crippen molar-refractivity contribution < 1.29 is 9.53 Å². The average molecular weight is 261 g/mol. The minimum atomic E-state index is 0.0856. The van der Waals surface area contributed by atoms with Gasteiger partial charge < -0.3 is 10.1 Å². The molecule has 0 amide bonds. The molecular formula is C16H23NO2. The maximum Gasteiger partial charge on any atom is 0.170 e. The van der Waals surface area contributed by atoms with Crippen LogP contribution in [0, 0.1) is 0 Å². The zero-order valence-electron chi connectivity index (χ0n) is 11.7. The molecule has 19 heavy (non-hydrogen) atoms. The van der Waals surface area contributed by atoms with E-state index in [9.17, 15) is 4.79 Å². The third-order valence-corrected chi connectivity index (χ3v) is 3.46. The van der Waals surface area contributed by atoms with Crippen LogP contribution in [0.25, 0.3) is 0 Å². The Bertz CT molecular complexity index is 405. The predicted octanol–water partition coefficient (Wildman–Crippen LogP) is 3.19. The normalized spacial score (nSPS) is 21.1. The number of ketones is 1. The summed E-state index contributed by atoms with van der Waals surface area (Å²) in [5.41, 5.74) is 0.736. The van der Waals surface area contributed by atoms with Gasteiger partial charge in [0.05, 0.1) is 5.56 Å². The van der Waals surface area contributed by atoms with Crippen LogP contribution in [0.2, 0.25) is 0 Å². The first-order chi connectivity index (χ1) is 9.31. The van der Waals surface area contributed by atoms with Crippen LogP contribution < -0.4 is 10.1 Å². The summed E-state index contributed by atoms with van der Waals surface area (Å²) in [4.78, 5) is 11.7. The van der Waals surface area contributed by atoms with Gasteiger partial charge in [0.2, 0.25) is 0 Å². The summed E-state index contributed by atoms with van der Waals surface area (Å²) < 4.78 is 5.72. The third-order valence-electron chi connectivity index (χ3n) is 3.46. The molecule has 0 aromatic heterocycles. The fourth-order valence-electron chi connectivity index (χ4n) is 2.45. The first kappa shape index (κ1) is 14.1. The lowest BCUT2D eigenvalue weighted by Gasteiger charge is -2.24. The van der Waals surface area contributed by atoms with E-state index in [0.717, 1.165) is 24.2 Å². The van der Waals surface area contributed by atoms with Gasteiger partial charge in [-0.05, 0) is 44.5 Å². The highest BCUT2D eigenvalue weighted by Crippen LogP contribution is 2.28. The van der Waals surface area contributed by atoms with Crippen LogP contribution in [0.15, 0.2) is 24.3 Å². The highest BCUT2D eigenvalue weighted by atomic mass is 16.5. The van der Waals surface area contributed by atoms with E-state index in [1.165, 1.54) is 25.9 Å². The Morgan fingerprint density at radius 2 is 2.00 bits per heavy atom. The van der Waals surface area contributed by atoms with Crippen LogP contribution in [-0.4, -0.2) is 25.0 Å². The van der Waals surface area contributed by atoms with E-state index in [0.29, 0.717) is 6.42 Å². The molecule has 2 aliphatic heterocycles. The highest BCUT2D eigenvalue weighted by Gasteiger charge is 2.24. The van der Waals surface area contributed by atoms with Crippen molar-refractivity contribution in [1.82, 2.24) is 5.32 Å². The number of hydrogen-bond donors (Lipinski definition) is 1. The van der Waals surface area contributed by atoms with Crippen molar-refractivity contribution in [2.45, 2.75) is 45.1 Å². The first-order valence-electron chi connectivity index (χ1n) is 7.31. The molecule has 0 radical (unpaired) electrons. The molecule has 3 rings (SSSR count). The lowest BCUT2D eigenvalue weighted by atomic mass is 9.98. The number of rotatable bonds is 2. The van der Waals surface area contributed by atoms with Gasteiger partial charge in [-0.15, -0.1) is 0 Å². The van der Waals surface area contributed by atoms with Gasteiger partial charge in [-0.3, -0.25) is 4.79 Å². The van der Waals surface area contributed by atoms with Crippen LogP contribution in [0.3, 0.4) is 0 Å². The molecule has 0 bridgehead atoms. The smallest absolute Gasteiger partial charge is 0.170 e. The summed E-state index contributed by atoms with van der Waals surface area (Å²) in [6.07, 6.45) is 5.41. The lowest BCUT2D eigenvalue weighted by molar-refractivity contribution is 0.0838. The van der Waals surface area contributed by atoms with Crippen LogP contribution in [0.4, 0.5) is 0 Å². The molecule has 1 fully saturated rings. The maximum atomic E-state index is 11.7. The number of fused-ring (bicyclic) bond motifs is 1. The first-order valence-corrected chi connectivity index (χ1v) is 7.31. The van der Waals surface area contributed by atoms with E-state index in [4.69, 9.17) is 4.74 Å². The largest absolute Gasteiger partial charge is 0.489 e. The van der Waals surface area contributed by atoms with Gasteiger partial charge in [-0.2, -0.15) is 0 Å². The summed E-state index contributed by atoms with van der Waals surface area (Å²) in [6, 6.07) is 7.48. The molecule has 2 heterocycles. The van der Waals surface area contributed by atoms with Crippen LogP contribution in [0.1, 0.15) is 49.4 Å². The van der Waals surface area contributed by atoms with Crippen LogP contribution in [-0.2, 0) is 0 Å². The van der Waals surface area contributed by atoms with E-state index < -0.39 is 0 Å². The Kier molecular flexibility index (Phi) is 5.40. The Balaban J connectivity index is 0.000000224. The number of carbonyl (C=O) groups excluding carboxylic acids is 1. The van der Waals surface area contributed by atoms with Crippen molar-refractivity contribution >= 4 is 5.78 Å². The van der Waals surface area contributed by atoms with E-state index in [1.54, 1.807) is 0 Å². The lowest BCUT2D eigenvalue weighted by Crippen LogP contribution is -2.26. The highest BCUT2D eigenvalue weighted by molar-refractivity contribution is 5.99. The molecule has 0 saturated carbocycles. The van der Waals surface area contributed by atoms with Gasteiger partial charge in [0, 0.05) is 6.42 Å². The predicted molar refractivity (Wildman–Crippen MR) is 76.8 cm³/mol. The summed E-state index contributed by atoms with van der Waals surface area (Å²) in [6.45, 7) is 4.61.